The minimum Gasteiger partial charge on any atom is -0.311 e. The molecule has 14 rings (SSSR count). The van der Waals surface area contributed by atoms with Gasteiger partial charge in [0, 0.05) is 44.9 Å². The normalized spacial score (nSPS) is 15.0. The van der Waals surface area contributed by atoms with Crippen LogP contribution in [0.25, 0.3) is 60.9 Å². The van der Waals surface area contributed by atoms with E-state index >= 15 is 0 Å². The van der Waals surface area contributed by atoms with Gasteiger partial charge in [0.1, 0.15) is 0 Å². The van der Waals surface area contributed by atoms with E-state index in [0.29, 0.717) is 0 Å². The van der Waals surface area contributed by atoms with Crippen molar-refractivity contribution in [1.29, 1.82) is 0 Å². The molecule has 1 aromatic heterocycles. The summed E-state index contributed by atoms with van der Waals surface area (Å²) in [4.78, 5) is 5.24. The van der Waals surface area contributed by atoms with Crippen LogP contribution in [0.4, 0.5) is 34.1 Å². The summed E-state index contributed by atoms with van der Waals surface area (Å²) in [6, 6.07) is 83.4. The molecule has 0 bridgehead atoms. The Kier molecular flexibility index (Phi) is 10.9. The Morgan fingerprint density at radius 1 is 0.354 bits per heavy atom. The smallest absolute Gasteiger partial charge is 0.252 e. The average Bonchev–Trinajstić information content (AvgIpc) is 3.99. The van der Waals surface area contributed by atoms with E-state index in [0.717, 1.165) is 17.8 Å². The highest BCUT2D eigenvalue weighted by Gasteiger charge is 2.45. The highest BCUT2D eigenvalue weighted by Crippen LogP contribution is 2.52. The Labute approximate surface area is 467 Å². The van der Waals surface area contributed by atoms with E-state index in [-0.39, 0.29) is 28.4 Å². The molecular formula is C75H68BN3. The van der Waals surface area contributed by atoms with Gasteiger partial charge in [-0.05, 0) is 161 Å². The monoisotopic (exact) mass is 1020 g/mol. The Balaban J connectivity index is 1.09. The first-order valence-corrected chi connectivity index (χ1v) is 28.5. The van der Waals surface area contributed by atoms with Gasteiger partial charge >= 0.3 is 0 Å². The third-order valence-corrected chi connectivity index (χ3v) is 17.8. The predicted molar refractivity (Wildman–Crippen MR) is 339 cm³/mol. The molecule has 3 nitrogen and oxygen atoms in total. The first-order valence-electron chi connectivity index (χ1n) is 28.5. The molecule has 3 aliphatic rings. The average molecular weight is 1020 g/mol. The number of nitrogens with zero attached hydrogens (tertiary/aromatic N) is 3. The fourth-order valence-corrected chi connectivity index (χ4v) is 14.1. The van der Waals surface area contributed by atoms with Crippen molar-refractivity contribution in [2.45, 2.75) is 97.3 Å². The second-order valence-electron chi connectivity index (χ2n) is 26.2. The molecule has 0 atom stereocenters. The Bertz CT molecular complexity index is 4160. The van der Waals surface area contributed by atoms with E-state index in [1.807, 2.05) is 0 Å². The van der Waals surface area contributed by atoms with Crippen LogP contribution in [0, 0.1) is 0 Å². The minimum absolute atomic E-state index is 0.0736. The Morgan fingerprint density at radius 2 is 0.785 bits per heavy atom. The molecule has 0 saturated carbocycles. The maximum absolute atomic E-state index is 2.64. The molecular weight excluding hydrogens is 954 g/mol. The summed E-state index contributed by atoms with van der Waals surface area (Å²) < 4.78 is 2.52. The number of fused-ring (bicyclic) bond motifs is 8. The summed E-state index contributed by atoms with van der Waals surface area (Å²) >= 11 is 0. The lowest BCUT2D eigenvalue weighted by atomic mass is 9.33. The zero-order chi connectivity index (χ0) is 54.3. The van der Waals surface area contributed by atoms with E-state index in [9.17, 15) is 0 Å². The third-order valence-electron chi connectivity index (χ3n) is 17.8. The number of para-hydroxylation sites is 2. The molecule has 79 heavy (non-hydrogen) atoms. The standard InChI is InChI=1S/C75H68BN3/c1-72(2,3)54-42-55(73(4,5)6)44-57(43-54)79-68-41-53(49-23-15-12-16-24-49)33-38-64(68)76-63-37-32-52(48-21-13-11-14-22-48)40-67(63)77(56-34-29-50(30-35-56)51-31-36-61-62(39-51)75(9,10)47-74(61,7)8)69-45-58(46-70(79)71(69)76)78-65-27-19-17-25-59(65)60-26-18-20-28-66(60)78/h11-46H,47H2,1-10H3. The summed E-state index contributed by atoms with van der Waals surface area (Å²) in [6.45, 7) is 23.7. The van der Waals surface area contributed by atoms with Crippen LogP contribution in [0.2, 0.25) is 0 Å². The second kappa shape index (κ2) is 17.6. The quantitative estimate of drug-likeness (QED) is 0.154. The van der Waals surface area contributed by atoms with Gasteiger partial charge in [-0.3, -0.25) is 0 Å². The van der Waals surface area contributed by atoms with Crippen molar-refractivity contribution >= 4 is 79.0 Å². The van der Waals surface area contributed by atoms with Crippen LogP contribution in [-0.4, -0.2) is 11.3 Å². The van der Waals surface area contributed by atoms with Crippen LogP contribution in [0.3, 0.4) is 0 Å². The summed E-state index contributed by atoms with van der Waals surface area (Å²) in [7, 11) is 0. The van der Waals surface area contributed by atoms with Crippen molar-refractivity contribution < 1.29 is 0 Å². The van der Waals surface area contributed by atoms with E-state index < -0.39 is 0 Å². The first kappa shape index (κ1) is 49.0. The largest absolute Gasteiger partial charge is 0.311 e. The van der Waals surface area contributed by atoms with E-state index in [2.05, 4.69) is 302 Å². The van der Waals surface area contributed by atoms with Gasteiger partial charge in [0.2, 0.25) is 0 Å². The molecule has 0 saturated heterocycles. The van der Waals surface area contributed by atoms with Crippen LogP contribution < -0.4 is 26.2 Å². The number of rotatable bonds is 6. The zero-order valence-corrected chi connectivity index (χ0v) is 47.4. The summed E-state index contributed by atoms with van der Waals surface area (Å²) in [5.74, 6) is 0. The van der Waals surface area contributed by atoms with Gasteiger partial charge in [-0.15, -0.1) is 0 Å². The van der Waals surface area contributed by atoms with Crippen LogP contribution in [0.1, 0.15) is 97.9 Å². The molecule has 3 heterocycles. The molecule has 386 valence electrons. The molecule has 11 aromatic rings. The van der Waals surface area contributed by atoms with Gasteiger partial charge in [-0.1, -0.05) is 227 Å². The van der Waals surface area contributed by atoms with Crippen LogP contribution in [-0.2, 0) is 21.7 Å². The van der Waals surface area contributed by atoms with Gasteiger partial charge in [-0.25, -0.2) is 0 Å². The van der Waals surface area contributed by atoms with Crippen molar-refractivity contribution in [2.75, 3.05) is 9.80 Å². The van der Waals surface area contributed by atoms with Gasteiger partial charge in [-0.2, -0.15) is 0 Å². The van der Waals surface area contributed by atoms with Gasteiger partial charge < -0.3 is 14.4 Å². The number of benzene rings is 10. The number of hydrogen-bond acceptors (Lipinski definition) is 2. The number of anilines is 6. The lowest BCUT2D eigenvalue weighted by molar-refractivity contribution is 0.403. The SMILES string of the molecule is CC(C)(C)c1cc(N2c3cc(-c4ccccc4)ccc3B3c4ccc(-c5ccccc5)cc4N(c4ccc(-c5ccc6c(c5)C(C)(C)CC6(C)C)cc4)c4cc(-n5c6ccccc6c6ccccc65)cc2c43)cc(C(C)(C)C)c1. The molecule has 2 aliphatic heterocycles. The van der Waals surface area contributed by atoms with Gasteiger partial charge in [0.15, 0.2) is 0 Å². The Morgan fingerprint density at radius 3 is 1.30 bits per heavy atom. The van der Waals surface area contributed by atoms with Crippen LogP contribution in [0.5, 0.6) is 0 Å². The summed E-state index contributed by atoms with van der Waals surface area (Å²) in [5, 5.41) is 2.49. The van der Waals surface area contributed by atoms with Crippen LogP contribution >= 0.6 is 0 Å². The molecule has 0 fully saturated rings. The maximum atomic E-state index is 2.64. The van der Waals surface area contributed by atoms with E-state index in [4.69, 9.17) is 0 Å². The molecule has 4 heteroatoms. The fourth-order valence-electron chi connectivity index (χ4n) is 14.1. The molecule has 10 aromatic carbocycles. The lowest BCUT2D eigenvalue weighted by Gasteiger charge is -2.45. The van der Waals surface area contributed by atoms with Crippen molar-refractivity contribution in [3.8, 4) is 39.1 Å². The molecule has 0 unspecified atom stereocenters. The zero-order valence-electron chi connectivity index (χ0n) is 47.4. The number of aromatic nitrogens is 1. The number of hydrogen-bond donors (Lipinski definition) is 0. The fraction of sp³-hybridized carbons (Fsp3) is 0.200. The van der Waals surface area contributed by atoms with Crippen LogP contribution in [0.15, 0.2) is 218 Å². The second-order valence-corrected chi connectivity index (χ2v) is 26.2. The van der Waals surface area contributed by atoms with Crippen molar-refractivity contribution in [3.63, 3.8) is 0 Å². The van der Waals surface area contributed by atoms with E-state index in [1.54, 1.807) is 0 Å². The Hall–Kier alpha value is -8.34. The summed E-state index contributed by atoms with van der Waals surface area (Å²) in [6.07, 6.45) is 1.14. The summed E-state index contributed by atoms with van der Waals surface area (Å²) in [5.41, 5.74) is 27.4. The minimum atomic E-state index is -0.0990. The van der Waals surface area contributed by atoms with E-state index in [1.165, 1.54) is 122 Å². The highest BCUT2D eigenvalue weighted by atomic mass is 15.2. The lowest BCUT2D eigenvalue weighted by Crippen LogP contribution is -2.61. The molecule has 0 amide bonds. The van der Waals surface area contributed by atoms with Gasteiger partial charge in [0.25, 0.3) is 6.71 Å². The molecule has 1 aliphatic carbocycles. The molecule has 0 radical (unpaired) electrons. The predicted octanol–water partition coefficient (Wildman–Crippen LogP) is 18.4. The maximum Gasteiger partial charge on any atom is 0.252 e. The van der Waals surface area contributed by atoms with Gasteiger partial charge in [0.05, 0.1) is 16.7 Å². The van der Waals surface area contributed by atoms with Crippen molar-refractivity contribution in [2.24, 2.45) is 0 Å². The van der Waals surface area contributed by atoms with Crippen molar-refractivity contribution in [3.05, 3.63) is 241 Å². The van der Waals surface area contributed by atoms with Crippen molar-refractivity contribution in [1.82, 2.24) is 4.57 Å². The first-order chi connectivity index (χ1) is 37.9. The molecule has 0 spiro atoms. The molecule has 0 N–H and O–H groups in total. The topological polar surface area (TPSA) is 11.4 Å². The highest BCUT2D eigenvalue weighted by molar-refractivity contribution is 7.00. The third kappa shape index (κ3) is 7.92.